The zero-order valence-corrected chi connectivity index (χ0v) is 13.9. The van der Waals surface area contributed by atoms with Crippen LogP contribution in [0.1, 0.15) is 22.7 Å². The summed E-state index contributed by atoms with van der Waals surface area (Å²) >= 11 is 0. The van der Waals surface area contributed by atoms with Gasteiger partial charge in [0.1, 0.15) is 0 Å². The molecule has 1 aliphatic rings. The minimum atomic E-state index is -0.0492. The molecule has 4 rings (SSSR count). The standard InChI is InChI=1S/C22H21NO2/c24-21-13-18-10-11-23-20(19(18)14-22(21)25)12-15-6-8-17(9-7-15)16-4-2-1-3-5-16/h1-9,13-14,20,23-25H,10-12H2. The molecule has 25 heavy (non-hydrogen) atoms. The Morgan fingerprint density at radius 2 is 1.52 bits per heavy atom. The molecule has 126 valence electrons. The second-order valence-corrected chi connectivity index (χ2v) is 6.56. The summed E-state index contributed by atoms with van der Waals surface area (Å²) in [5.41, 5.74) is 5.87. The zero-order valence-electron chi connectivity index (χ0n) is 13.9. The first-order chi connectivity index (χ1) is 12.2. The third-order valence-electron chi connectivity index (χ3n) is 4.90. The number of hydrogen-bond acceptors (Lipinski definition) is 3. The molecule has 3 aromatic rings. The van der Waals surface area contributed by atoms with Gasteiger partial charge < -0.3 is 15.5 Å². The van der Waals surface area contributed by atoms with Gasteiger partial charge in [-0.2, -0.15) is 0 Å². The Kier molecular flexibility index (Phi) is 4.16. The number of fused-ring (bicyclic) bond motifs is 1. The topological polar surface area (TPSA) is 52.5 Å². The van der Waals surface area contributed by atoms with Gasteiger partial charge in [0.05, 0.1) is 0 Å². The van der Waals surface area contributed by atoms with Crippen LogP contribution in [0.5, 0.6) is 11.5 Å². The van der Waals surface area contributed by atoms with E-state index in [1.165, 1.54) is 16.7 Å². The van der Waals surface area contributed by atoms with E-state index in [0.717, 1.165) is 30.5 Å². The monoisotopic (exact) mass is 331 g/mol. The van der Waals surface area contributed by atoms with Crippen LogP contribution >= 0.6 is 0 Å². The van der Waals surface area contributed by atoms with E-state index in [-0.39, 0.29) is 17.5 Å². The number of nitrogens with one attached hydrogen (secondary N) is 1. The Hall–Kier alpha value is -2.78. The lowest BCUT2D eigenvalue weighted by Crippen LogP contribution is -2.31. The predicted octanol–water partition coefficient (Wildman–Crippen LogP) is 4.19. The van der Waals surface area contributed by atoms with Gasteiger partial charge in [-0.05, 0) is 59.3 Å². The van der Waals surface area contributed by atoms with Crippen molar-refractivity contribution in [2.45, 2.75) is 18.9 Å². The molecule has 3 N–H and O–H groups in total. The highest BCUT2D eigenvalue weighted by atomic mass is 16.3. The van der Waals surface area contributed by atoms with Crippen molar-refractivity contribution in [1.29, 1.82) is 0 Å². The zero-order chi connectivity index (χ0) is 17.2. The summed E-state index contributed by atoms with van der Waals surface area (Å²) in [5, 5.41) is 23.1. The average molecular weight is 331 g/mol. The minimum Gasteiger partial charge on any atom is -0.504 e. The molecular weight excluding hydrogens is 310 g/mol. The molecule has 0 aromatic heterocycles. The normalized spacial score (nSPS) is 16.4. The van der Waals surface area contributed by atoms with E-state index < -0.39 is 0 Å². The molecule has 1 aliphatic heterocycles. The van der Waals surface area contributed by atoms with Crippen molar-refractivity contribution in [3.63, 3.8) is 0 Å². The first-order valence-corrected chi connectivity index (χ1v) is 8.63. The van der Waals surface area contributed by atoms with Crippen LogP contribution in [0.4, 0.5) is 0 Å². The maximum absolute atomic E-state index is 9.84. The molecule has 1 heterocycles. The fourth-order valence-electron chi connectivity index (χ4n) is 3.55. The largest absolute Gasteiger partial charge is 0.504 e. The molecule has 0 fully saturated rings. The fourth-order valence-corrected chi connectivity index (χ4v) is 3.55. The predicted molar refractivity (Wildman–Crippen MR) is 99.8 cm³/mol. The van der Waals surface area contributed by atoms with E-state index >= 15 is 0 Å². The van der Waals surface area contributed by atoms with Crippen LogP contribution in [0.25, 0.3) is 11.1 Å². The van der Waals surface area contributed by atoms with Crippen LogP contribution in [0.2, 0.25) is 0 Å². The molecule has 3 aromatic carbocycles. The van der Waals surface area contributed by atoms with Gasteiger partial charge in [0.2, 0.25) is 0 Å². The average Bonchev–Trinajstić information content (AvgIpc) is 2.65. The van der Waals surface area contributed by atoms with Crippen molar-refractivity contribution in [2.75, 3.05) is 6.54 Å². The van der Waals surface area contributed by atoms with Crippen LogP contribution in [-0.2, 0) is 12.8 Å². The van der Waals surface area contributed by atoms with Crippen LogP contribution in [0.3, 0.4) is 0 Å². The number of rotatable bonds is 3. The van der Waals surface area contributed by atoms with Crippen LogP contribution in [-0.4, -0.2) is 16.8 Å². The van der Waals surface area contributed by atoms with Gasteiger partial charge in [0.15, 0.2) is 11.5 Å². The summed E-state index contributed by atoms with van der Waals surface area (Å²) in [4.78, 5) is 0. The van der Waals surface area contributed by atoms with Gasteiger partial charge in [-0.15, -0.1) is 0 Å². The first-order valence-electron chi connectivity index (χ1n) is 8.63. The van der Waals surface area contributed by atoms with Crippen molar-refractivity contribution in [3.8, 4) is 22.6 Å². The van der Waals surface area contributed by atoms with Crippen LogP contribution < -0.4 is 5.32 Å². The maximum Gasteiger partial charge on any atom is 0.157 e. The smallest absolute Gasteiger partial charge is 0.157 e. The lowest BCUT2D eigenvalue weighted by atomic mass is 9.89. The third-order valence-corrected chi connectivity index (χ3v) is 4.90. The number of phenolic OH excluding ortho intramolecular Hbond substituents is 2. The molecule has 0 bridgehead atoms. The molecule has 0 radical (unpaired) electrons. The number of aromatic hydroxyl groups is 2. The van der Waals surface area contributed by atoms with E-state index in [9.17, 15) is 10.2 Å². The number of benzene rings is 3. The van der Waals surface area contributed by atoms with Gasteiger partial charge in [-0.25, -0.2) is 0 Å². The van der Waals surface area contributed by atoms with Crippen LogP contribution in [0, 0.1) is 0 Å². The molecule has 0 aliphatic carbocycles. The van der Waals surface area contributed by atoms with Gasteiger partial charge >= 0.3 is 0 Å². The second-order valence-electron chi connectivity index (χ2n) is 6.56. The third kappa shape index (κ3) is 3.24. The van der Waals surface area contributed by atoms with E-state index in [2.05, 4.69) is 41.7 Å². The molecule has 0 saturated carbocycles. The van der Waals surface area contributed by atoms with Crippen molar-refractivity contribution < 1.29 is 10.2 Å². The molecule has 1 unspecified atom stereocenters. The van der Waals surface area contributed by atoms with Gasteiger partial charge in [-0.3, -0.25) is 0 Å². The lowest BCUT2D eigenvalue weighted by molar-refractivity contribution is 0.398. The van der Waals surface area contributed by atoms with E-state index in [1.54, 1.807) is 12.1 Å². The molecule has 3 nitrogen and oxygen atoms in total. The summed E-state index contributed by atoms with van der Waals surface area (Å²) in [5.74, 6) is -0.0847. The van der Waals surface area contributed by atoms with E-state index in [0.29, 0.717) is 0 Å². The summed E-state index contributed by atoms with van der Waals surface area (Å²) in [6.45, 7) is 0.879. The van der Waals surface area contributed by atoms with Crippen LogP contribution in [0.15, 0.2) is 66.7 Å². The van der Waals surface area contributed by atoms with Crippen molar-refractivity contribution in [1.82, 2.24) is 5.32 Å². The fraction of sp³-hybridized carbons (Fsp3) is 0.182. The molecular formula is C22H21NO2. The minimum absolute atomic E-state index is 0.0355. The Morgan fingerprint density at radius 1 is 0.840 bits per heavy atom. The Labute approximate surface area is 147 Å². The Morgan fingerprint density at radius 3 is 2.28 bits per heavy atom. The highest BCUT2D eigenvalue weighted by Gasteiger charge is 2.22. The summed E-state index contributed by atoms with van der Waals surface area (Å²) < 4.78 is 0. The van der Waals surface area contributed by atoms with E-state index in [4.69, 9.17) is 0 Å². The SMILES string of the molecule is Oc1cc2c(cc1O)C(Cc1ccc(-c3ccccc3)cc1)NCC2. The number of phenols is 2. The molecule has 1 atom stereocenters. The first kappa shape index (κ1) is 15.7. The van der Waals surface area contributed by atoms with Gasteiger partial charge in [-0.1, -0.05) is 54.6 Å². The number of hydrogen-bond donors (Lipinski definition) is 3. The highest BCUT2D eigenvalue weighted by Crippen LogP contribution is 2.35. The molecule has 0 spiro atoms. The molecule has 0 saturated heterocycles. The summed E-state index contributed by atoms with van der Waals surface area (Å²) in [7, 11) is 0. The van der Waals surface area contributed by atoms with Crippen molar-refractivity contribution in [2.24, 2.45) is 0 Å². The van der Waals surface area contributed by atoms with Gasteiger partial charge in [0.25, 0.3) is 0 Å². The lowest BCUT2D eigenvalue weighted by Gasteiger charge is -2.27. The van der Waals surface area contributed by atoms with E-state index in [1.807, 2.05) is 18.2 Å². The maximum atomic E-state index is 9.84. The Balaban J connectivity index is 1.57. The summed E-state index contributed by atoms with van der Waals surface area (Å²) in [6.07, 6.45) is 1.72. The second kappa shape index (κ2) is 6.61. The quantitative estimate of drug-likeness (QED) is 0.631. The molecule has 0 amide bonds. The Bertz CT molecular complexity index is 873. The molecule has 3 heteroatoms. The highest BCUT2D eigenvalue weighted by molar-refractivity contribution is 5.63. The van der Waals surface area contributed by atoms with Gasteiger partial charge in [0, 0.05) is 6.04 Å². The summed E-state index contributed by atoms with van der Waals surface area (Å²) in [6, 6.07) is 22.5. The van der Waals surface area contributed by atoms with Crippen molar-refractivity contribution in [3.05, 3.63) is 83.4 Å². The van der Waals surface area contributed by atoms with Crippen molar-refractivity contribution >= 4 is 0 Å².